The maximum absolute atomic E-state index is 5.60. The molecule has 136 valence electrons. The van der Waals surface area contributed by atoms with Gasteiger partial charge < -0.3 is 14.6 Å². The molecule has 9 heteroatoms. The molecule has 0 saturated carbocycles. The van der Waals surface area contributed by atoms with Crippen molar-refractivity contribution in [3.8, 4) is 11.4 Å². The van der Waals surface area contributed by atoms with Gasteiger partial charge in [0.05, 0.1) is 11.4 Å². The molecule has 26 heavy (non-hydrogen) atoms. The van der Waals surface area contributed by atoms with E-state index in [0.717, 1.165) is 41.0 Å². The summed E-state index contributed by atoms with van der Waals surface area (Å²) in [6, 6.07) is 9.79. The Hall–Kier alpha value is -1.97. The van der Waals surface area contributed by atoms with Crippen molar-refractivity contribution in [2.45, 2.75) is 35.5 Å². The molecule has 0 aliphatic carbocycles. The molecule has 2 aromatic heterocycles. The van der Waals surface area contributed by atoms with Gasteiger partial charge in [0.15, 0.2) is 4.34 Å². The van der Waals surface area contributed by atoms with Crippen molar-refractivity contribution in [1.82, 2.24) is 20.3 Å². The van der Waals surface area contributed by atoms with Crippen LogP contribution in [0, 0.1) is 0 Å². The van der Waals surface area contributed by atoms with Crippen molar-refractivity contribution >= 4 is 28.2 Å². The van der Waals surface area contributed by atoms with Crippen molar-refractivity contribution in [2.24, 2.45) is 0 Å². The van der Waals surface area contributed by atoms with Crippen LogP contribution in [0.25, 0.3) is 11.4 Å². The maximum atomic E-state index is 5.60. The monoisotopic (exact) mass is 389 g/mol. The van der Waals surface area contributed by atoms with Gasteiger partial charge >= 0.3 is 0 Å². The van der Waals surface area contributed by atoms with Gasteiger partial charge in [0, 0.05) is 18.7 Å². The van der Waals surface area contributed by atoms with E-state index in [1.54, 1.807) is 11.8 Å². The highest BCUT2D eigenvalue weighted by Crippen LogP contribution is 2.37. The molecule has 1 saturated heterocycles. The summed E-state index contributed by atoms with van der Waals surface area (Å²) in [5.41, 5.74) is 0.941. The van der Waals surface area contributed by atoms with Crippen LogP contribution in [0.15, 0.2) is 39.2 Å². The Morgan fingerprint density at radius 1 is 1.31 bits per heavy atom. The lowest BCUT2D eigenvalue weighted by Gasteiger charge is -2.08. The molecule has 4 rings (SSSR count). The molecule has 2 atom stereocenters. The molecular weight excluding hydrogens is 370 g/mol. The molecule has 1 fully saturated rings. The number of hydrogen-bond acceptors (Lipinski definition) is 9. The number of ether oxygens (including phenoxy) is 1. The van der Waals surface area contributed by atoms with E-state index in [9.17, 15) is 0 Å². The first-order valence-electron chi connectivity index (χ1n) is 8.52. The smallest absolute Gasteiger partial charge is 0.240 e. The minimum Gasteiger partial charge on any atom is -0.376 e. The van der Waals surface area contributed by atoms with Gasteiger partial charge in [-0.1, -0.05) is 58.6 Å². The van der Waals surface area contributed by atoms with Gasteiger partial charge in [-0.15, -0.1) is 10.2 Å². The van der Waals surface area contributed by atoms with E-state index in [0.29, 0.717) is 11.7 Å². The highest BCUT2D eigenvalue weighted by molar-refractivity contribution is 8.01. The predicted octanol–water partition coefficient (Wildman–Crippen LogP) is 4.03. The lowest BCUT2D eigenvalue weighted by Crippen LogP contribution is -2.18. The van der Waals surface area contributed by atoms with E-state index in [4.69, 9.17) is 9.26 Å². The SMILES string of the molecule is CC(Sc1nnc(NCC2CCCO2)s1)c1nc(-c2ccccc2)no1. The van der Waals surface area contributed by atoms with E-state index in [2.05, 4.69) is 25.7 Å². The Balaban J connectivity index is 1.34. The average molecular weight is 390 g/mol. The van der Waals surface area contributed by atoms with Gasteiger partial charge in [-0.05, 0) is 19.8 Å². The maximum Gasteiger partial charge on any atom is 0.240 e. The standard InChI is InChI=1S/C17H19N5O2S2/c1-11(15-19-14(22-24-15)12-6-3-2-4-7-12)25-17-21-20-16(26-17)18-10-13-8-5-9-23-13/h2-4,6-7,11,13H,5,8-10H2,1H3,(H,18,20). The van der Waals surface area contributed by atoms with Crippen molar-refractivity contribution in [3.05, 3.63) is 36.2 Å². The summed E-state index contributed by atoms with van der Waals surface area (Å²) in [6.07, 6.45) is 2.52. The molecule has 7 nitrogen and oxygen atoms in total. The van der Waals surface area contributed by atoms with E-state index >= 15 is 0 Å². The van der Waals surface area contributed by atoms with Crippen LogP contribution in [-0.2, 0) is 4.74 Å². The van der Waals surface area contributed by atoms with Gasteiger partial charge in [0.25, 0.3) is 0 Å². The number of benzene rings is 1. The molecule has 2 unspecified atom stereocenters. The van der Waals surface area contributed by atoms with Crippen LogP contribution < -0.4 is 5.32 Å². The molecule has 0 amide bonds. The molecule has 1 N–H and O–H groups in total. The summed E-state index contributed by atoms with van der Waals surface area (Å²) in [6.45, 7) is 3.66. The van der Waals surface area contributed by atoms with E-state index in [-0.39, 0.29) is 11.4 Å². The van der Waals surface area contributed by atoms with Crippen LogP contribution in [0.3, 0.4) is 0 Å². The third-order valence-corrected chi connectivity index (χ3v) is 6.06. The summed E-state index contributed by atoms with van der Waals surface area (Å²) in [7, 11) is 0. The second-order valence-electron chi connectivity index (χ2n) is 5.97. The normalized spacial score (nSPS) is 18.1. The predicted molar refractivity (Wildman–Crippen MR) is 101 cm³/mol. The second-order valence-corrected chi connectivity index (χ2v) is 8.54. The van der Waals surface area contributed by atoms with Gasteiger partial charge in [0.1, 0.15) is 0 Å². The lowest BCUT2D eigenvalue weighted by atomic mass is 10.2. The fourth-order valence-corrected chi connectivity index (χ4v) is 4.58. The van der Waals surface area contributed by atoms with E-state index in [1.165, 1.54) is 11.3 Å². The van der Waals surface area contributed by atoms with Crippen molar-refractivity contribution < 1.29 is 9.26 Å². The summed E-state index contributed by atoms with van der Waals surface area (Å²) in [5.74, 6) is 1.18. The Bertz CT molecular complexity index is 833. The molecule has 3 heterocycles. The van der Waals surface area contributed by atoms with Crippen LogP contribution in [0.5, 0.6) is 0 Å². The minimum atomic E-state index is -0.000993. The molecular formula is C17H19N5O2S2. The number of aromatic nitrogens is 4. The molecule has 3 aromatic rings. The number of nitrogens with one attached hydrogen (secondary N) is 1. The zero-order chi connectivity index (χ0) is 17.8. The molecule has 1 aromatic carbocycles. The molecule has 0 bridgehead atoms. The topological polar surface area (TPSA) is 86.0 Å². The summed E-state index contributed by atoms with van der Waals surface area (Å²) in [5, 5.41) is 16.6. The highest BCUT2D eigenvalue weighted by atomic mass is 32.2. The first-order chi connectivity index (χ1) is 12.8. The number of anilines is 1. The molecule has 1 aliphatic heterocycles. The van der Waals surface area contributed by atoms with Crippen molar-refractivity contribution in [2.75, 3.05) is 18.5 Å². The van der Waals surface area contributed by atoms with E-state index < -0.39 is 0 Å². The van der Waals surface area contributed by atoms with Crippen LogP contribution in [0.4, 0.5) is 5.13 Å². The third kappa shape index (κ3) is 4.22. The third-order valence-electron chi connectivity index (χ3n) is 4.01. The summed E-state index contributed by atoms with van der Waals surface area (Å²) in [4.78, 5) is 4.50. The van der Waals surface area contributed by atoms with Gasteiger partial charge in [0.2, 0.25) is 16.8 Å². The van der Waals surface area contributed by atoms with Crippen LogP contribution in [-0.4, -0.2) is 39.6 Å². The number of rotatable bonds is 7. The Kier molecular flexibility index (Phi) is 5.47. The average Bonchev–Trinajstić information content (AvgIpc) is 3.42. The zero-order valence-corrected chi connectivity index (χ0v) is 15.9. The van der Waals surface area contributed by atoms with Gasteiger partial charge in [-0.2, -0.15) is 4.98 Å². The van der Waals surface area contributed by atoms with Crippen LogP contribution in [0.1, 0.15) is 30.9 Å². The van der Waals surface area contributed by atoms with Gasteiger partial charge in [-0.25, -0.2) is 0 Å². The fraction of sp³-hybridized carbons (Fsp3) is 0.412. The van der Waals surface area contributed by atoms with Crippen molar-refractivity contribution in [1.29, 1.82) is 0 Å². The molecule has 0 radical (unpaired) electrons. The lowest BCUT2D eigenvalue weighted by molar-refractivity contribution is 0.120. The highest BCUT2D eigenvalue weighted by Gasteiger charge is 2.19. The number of nitrogens with zero attached hydrogens (tertiary/aromatic N) is 4. The quantitative estimate of drug-likeness (QED) is 0.606. The first kappa shape index (κ1) is 17.4. The second kappa shape index (κ2) is 8.15. The number of hydrogen-bond donors (Lipinski definition) is 1. The van der Waals surface area contributed by atoms with Gasteiger partial charge in [-0.3, -0.25) is 0 Å². The molecule has 0 spiro atoms. The Morgan fingerprint density at radius 2 is 2.19 bits per heavy atom. The first-order valence-corrected chi connectivity index (χ1v) is 10.2. The van der Waals surface area contributed by atoms with Crippen molar-refractivity contribution in [3.63, 3.8) is 0 Å². The van der Waals surface area contributed by atoms with Crippen LogP contribution >= 0.6 is 23.1 Å². The largest absolute Gasteiger partial charge is 0.376 e. The Labute approximate surface area is 159 Å². The fourth-order valence-electron chi connectivity index (χ4n) is 2.64. The molecule has 1 aliphatic rings. The summed E-state index contributed by atoms with van der Waals surface area (Å²) < 4.78 is 11.9. The summed E-state index contributed by atoms with van der Waals surface area (Å²) >= 11 is 3.09. The Morgan fingerprint density at radius 3 is 3.00 bits per heavy atom. The number of thioether (sulfide) groups is 1. The van der Waals surface area contributed by atoms with E-state index in [1.807, 2.05) is 37.3 Å². The minimum absolute atomic E-state index is 0.000993. The van der Waals surface area contributed by atoms with Crippen LogP contribution in [0.2, 0.25) is 0 Å². The zero-order valence-electron chi connectivity index (χ0n) is 14.3.